The number of likely N-dealkylation sites (N-methyl/N-ethyl adjacent to an activating group) is 1. The third-order valence-corrected chi connectivity index (χ3v) is 3.07. The Labute approximate surface area is 103 Å². The van der Waals surface area contributed by atoms with Crippen molar-refractivity contribution in [1.29, 1.82) is 0 Å². The molecule has 2 N–H and O–H groups in total. The quantitative estimate of drug-likeness (QED) is 0.704. The molecule has 2 amide bonds. The van der Waals surface area contributed by atoms with Crippen molar-refractivity contribution in [2.75, 3.05) is 26.8 Å². The van der Waals surface area contributed by atoms with Crippen LogP contribution in [0.15, 0.2) is 0 Å². The predicted molar refractivity (Wildman–Crippen MR) is 65.8 cm³/mol. The van der Waals surface area contributed by atoms with Gasteiger partial charge in [0.25, 0.3) is 0 Å². The third-order valence-electron chi connectivity index (χ3n) is 3.07. The van der Waals surface area contributed by atoms with E-state index in [1.54, 1.807) is 7.05 Å². The number of rotatable bonds is 5. The van der Waals surface area contributed by atoms with E-state index in [2.05, 4.69) is 19.2 Å². The molecule has 0 aromatic heterocycles. The number of aliphatic hydroxyl groups is 1. The van der Waals surface area contributed by atoms with Crippen molar-refractivity contribution in [2.24, 2.45) is 5.92 Å². The summed E-state index contributed by atoms with van der Waals surface area (Å²) < 4.78 is 5.13. The van der Waals surface area contributed by atoms with Crippen LogP contribution in [0.4, 0.5) is 4.79 Å². The van der Waals surface area contributed by atoms with Gasteiger partial charge in [-0.1, -0.05) is 13.8 Å². The summed E-state index contributed by atoms with van der Waals surface area (Å²) in [5.41, 5.74) is 0. The van der Waals surface area contributed by atoms with Gasteiger partial charge in [0.2, 0.25) is 0 Å². The molecule has 1 saturated heterocycles. The summed E-state index contributed by atoms with van der Waals surface area (Å²) in [6, 6.07) is -0.358. The molecule has 1 rings (SSSR count). The van der Waals surface area contributed by atoms with Crippen LogP contribution in [-0.4, -0.2) is 55.0 Å². The zero-order valence-electron chi connectivity index (χ0n) is 11.0. The van der Waals surface area contributed by atoms with Gasteiger partial charge in [-0.2, -0.15) is 0 Å². The Morgan fingerprint density at radius 3 is 2.76 bits per heavy atom. The van der Waals surface area contributed by atoms with Gasteiger partial charge in [0, 0.05) is 13.6 Å². The Morgan fingerprint density at radius 1 is 1.53 bits per heavy atom. The lowest BCUT2D eigenvalue weighted by molar-refractivity contribution is 0.103. The lowest BCUT2D eigenvalue weighted by atomic mass is 10.1. The summed E-state index contributed by atoms with van der Waals surface area (Å²) in [5, 5.41) is 12.5. The normalized spacial score (nSPS) is 24.1. The molecule has 0 aliphatic carbocycles. The molecule has 0 saturated carbocycles. The summed E-state index contributed by atoms with van der Waals surface area (Å²) in [6.07, 6.45) is 1.53. The first-order chi connectivity index (χ1) is 8.02. The van der Waals surface area contributed by atoms with E-state index in [0.717, 1.165) is 12.8 Å². The number of carbonyl (C=O) groups is 1. The number of hydrogen-bond acceptors (Lipinski definition) is 3. The Morgan fingerprint density at radius 2 is 2.24 bits per heavy atom. The molecule has 5 nitrogen and oxygen atoms in total. The zero-order chi connectivity index (χ0) is 12.8. The van der Waals surface area contributed by atoms with E-state index in [0.29, 0.717) is 25.7 Å². The third kappa shape index (κ3) is 4.52. The fourth-order valence-corrected chi connectivity index (χ4v) is 1.88. The average molecular weight is 244 g/mol. The Balaban J connectivity index is 2.22. The Bertz CT molecular complexity index is 246. The molecule has 0 aromatic rings. The second kappa shape index (κ2) is 6.81. The van der Waals surface area contributed by atoms with Gasteiger partial charge in [0.15, 0.2) is 0 Å². The molecule has 0 bridgehead atoms. The molecule has 1 aliphatic rings. The Kier molecular flexibility index (Phi) is 5.71. The second-order valence-electron chi connectivity index (χ2n) is 5.05. The number of carbonyl (C=O) groups excluding carboxylic acids is 1. The van der Waals surface area contributed by atoms with Gasteiger partial charge in [-0.3, -0.25) is 0 Å². The van der Waals surface area contributed by atoms with Crippen molar-refractivity contribution < 1.29 is 14.6 Å². The molecule has 5 heteroatoms. The number of ether oxygens (including phenoxy) is 1. The van der Waals surface area contributed by atoms with E-state index in [1.807, 2.05) is 0 Å². The van der Waals surface area contributed by atoms with Crippen LogP contribution in [0.1, 0.15) is 26.7 Å². The molecule has 2 atom stereocenters. The Hall–Kier alpha value is -0.810. The molecule has 0 radical (unpaired) electrons. The van der Waals surface area contributed by atoms with Gasteiger partial charge in [-0.25, -0.2) is 4.79 Å². The van der Waals surface area contributed by atoms with Gasteiger partial charge in [-0.15, -0.1) is 0 Å². The van der Waals surface area contributed by atoms with Crippen molar-refractivity contribution in [3.63, 3.8) is 0 Å². The maximum absolute atomic E-state index is 11.8. The highest BCUT2D eigenvalue weighted by Crippen LogP contribution is 2.11. The molecule has 0 aromatic carbocycles. The van der Waals surface area contributed by atoms with E-state index in [-0.39, 0.29) is 12.1 Å². The van der Waals surface area contributed by atoms with Crippen molar-refractivity contribution in [3.8, 4) is 0 Å². The van der Waals surface area contributed by atoms with Crippen LogP contribution < -0.4 is 5.32 Å². The van der Waals surface area contributed by atoms with Crippen LogP contribution in [0.5, 0.6) is 0 Å². The largest absolute Gasteiger partial charge is 0.388 e. The number of amides is 2. The zero-order valence-corrected chi connectivity index (χ0v) is 11.0. The minimum absolute atomic E-state index is 0.136. The van der Waals surface area contributed by atoms with E-state index in [9.17, 15) is 9.90 Å². The van der Waals surface area contributed by atoms with Crippen molar-refractivity contribution in [2.45, 2.75) is 38.8 Å². The van der Waals surface area contributed by atoms with Crippen LogP contribution in [0, 0.1) is 5.92 Å². The van der Waals surface area contributed by atoms with Crippen molar-refractivity contribution in [3.05, 3.63) is 0 Å². The first-order valence-electron chi connectivity index (χ1n) is 6.29. The number of aliphatic hydroxyl groups excluding tert-OH is 1. The van der Waals surface area contributed by atoms with E-state index < -0.39 is 6.10 Å². The molecule has 0 spiro atoms. The summed E-state index contributed by atoms with van der Waals surface area (Å²) in [7, 11) is 1.69. The maximum Gasteiger partial charge on any atom is 0.317 e. The maximum atomic E-state index is 11.8. The number of nitrogens with one attached hydrogen (secondary N) is 1. The molecule has 1 heterocycles. The number of urea groups is 1. The van der Waals surface area contributed by atoms with Crippen LogP contribution in [0.2, 0.25) is 0 Å². The highest BCUT2D eigenvalue weighted by atomic mass is 16.5. The van der Waals surface area contributed by atoms with Gasteiger partial charge in [0.1, 0.15) is 0 Å². The van der Waals surface area contributed by atoms with Gasteiger partial charge in [0.05, 0.1) is 25.4 Å². The van der Waals surface area contributed by atoms with Crippen molar-refractivity contribution in [1.82, 2.24) is 10.2 Å². The molecular weight excluding hydrogens is 220 g/mol. The lowest BCUT2D eigenvalue weighted by Gasteiger charge is -2.25. The van der Waals surface area contributed by atoms with E-state index >= 15 is 0 Å². The van der Waals surface area contributed by atoms with Crippen LogP contribution in [0.3, 0.4) is 0 Å². The smallest absolute Gasteiger partial charge is 0.317 e. The summed E-state index contributed by atoms with van der Waals surface area (Å²) in [6.45, 7) is 5.75. The summed E-state index contributed by atoms with van der Waals surface area (Å²) in [4.78, 5) is 13.3. The average Bonchev–Trinajstić information content (AvgIpc) is 2.69. The molecule has 17 heavy (non-hydrogen) atoms. The SMILES string of the molecule is CC(C)CCCNC(=O)N(C)C1COCC1O. The highest BCUT2D eigenvalue weighted by Gasteiger charge is 2.32. The van der Waals surface area contributed by atoms with E-state index in [1.165, 1.54) is 4.90 Å². The molecule has 1 aliphatic heterocycles. The molecular formula is C12H24N2O3. The molecule has 1 fully saturated rings. The van der Waals surface area contributed by atoms with Crippen LogP contribution in [-0.2, 0) is 4.74 Å². The first-order valence-corrected chi connectivity index (χ1v) is 6.29. The van der Waals surface area contributed by atoms with Crippen LogP contribution >= 0.6 is 0 Å². The minimum atomic E-state index is -0.568. The highest BCUT2D eigenvalue weighted by molar-refractivity contribution is 5.74. The van der Waals surface area contributed by atoms with Crippen molar-refractivity contribution >= 4 is 6.03 Å². The molecule has 2 unspecified atom stereocenters. The summed E-state index contributed by atoms with van der Waals surface area (Å²) >= 11 is 0. The van der Waals surface area contributed by atoms with Crippen LogP contribution in [0.25, 0.3) is 0 Å². The summed E-state index contributed by atoms with van der Waals surface area (Å²) in [5.74, 6) is 0.662. The number of hydrogen-bond donors (Lipinski definition) is 2. The van der Waals surface area contributed by atoms with E-state index in [4.69, 9.17) is 4.74 Å². The lowest BCUT2D eigenvalue weighted by Crippen LogP contribution is -2.48. The van der Waals surface area contributed by atoms with Gasteiger partial charge < -0.3 is 20.1 Å². The predicted octanol–water partition coefficient (Wildman–Crippen LogP) is 0.824. The topological polar surface area (TPSA) is 61.8 Å². The minimum Gasteiger partial charge on any atom is -0.388 e. The first kappa shape index (κ1) is 14.3. The second-order valence-corrected chi connectivity index (χ2v) is 5.05. The van der Waals surface area contributed by atoms with Gasteiger partial charge in [-0.05, 0) is 18.8 Å². The van der Waals surface area contributed by atoms with Gasteiger partial charge >= 0.3 is 6.03 Å². The fraction of sp³-hybridized carbons (Fsp3) is 0.917. The number of nitrogens with zero attached hydrogens (tertiary/aromatic N) is 1. The molecule has 100 valence electrons. The monoisotopic (exact) mass is 244 g/mol. The fourth-order valence-electron chi connectivity index (χ4n) is 1.88. The standard InChI is InChI=1S/C12H24N2O3/c1-9(2)5-4-6-13-12(16)14(3)10-7-17-8-11(10)15/h9-11,15H,4-8H2,1-3H3,(H,13,16).